The van der Waals surface area contributed by atoms with Crippen molar-refractivity contribution in [1.29, 1.82) is 0 Å². The number of nitrogens with zero attached hydrogens (tertiary/aromatic N) is 2. The van der Waals surface area contributed by atoms with E-state index in [1.807, 2.05) is 18.2 Å². The van der Waals surface area contributed by atoms with E-state index in [1.54, 1.807) is 11.5 Å². The van der Waals surface area contributed by atoms with Gasteiger partial charge in [-0.25, -0.2) is 4.98 Å². The van der Waals surface area contributed by atoms with Crippen LogP contribution in [-0.4, -0.2) is 4.98 Å². The van der Waals surface area contributed by atoms with E-state index in [-0.39, 0.29) is 0 Å². The number of fused-ring (bicyclic) bond motifs is 2. The Bertz CT molecular complexity index is 814. The minimum Gasteiger partial charge on any atom is -0.443 e. The molecule has 0 atom stereocenters. The lowest BCUT2D eigenvalue weighted by atomic mass is 10.3. The molecule has 0 N–H and O–H groups in total. The summed E-state index contributed by atoms with van der Waals surface area (Å²) in [6.45, 7) is 0. The molecule has 0 unspecified atom stereocenters. The molecule has 0 radical (unpaired) electrons. The van der Waals surface area contributed by atoms with E-state index >= 15 is 0 Å². The lowest BCUT2D eigenvalue weighted by molar-refractivity contribution is -0.518. The second-order valence-corrected chi connectivity index (χ2v) is 5.10. The van der Waals surface area contributed by atoms with Gasteiger partial charge in [0.1, 0.15) is 21.7 Å². The third kappa shape index (κ3) is 1.43. The van der Waals surface area contributed by atoms with Gasteiger partial charge in [-0.2, -0.15) is 0 Å². The number of aromatic nitrogens is 2. The summed E-state index contributed by atoms with van der Waals surface area (Å²) in [4.78, 5) is 4.18. The van der Waals surface area contributed by atoms with Crippen molar-refractivity contribution >= 4 is 32.7 Å². The predicted molar refractivity (Wildman–Crippen MR) is 70.9 cm³/mol. The zero-order valence-corrected chi connectivity index (χ0v) is 10.2. The molecule has 0 saturated heterocycles. The zero-order chi connectivity index (χ0) is 11.9. The normalized spacial score (nSPS) is 11.3. The molecule has 0 amide bonds. The number of rotatable bonds is 1. The monoisotopic (exact) mass is 253 g/mol. The molecule has 4 rings (SSSR count). The zero-order valence-electron chi connectivity index (χ0n) is 9.41. The Hall–Kier alpha value is -2.20. The van der Waals surface area contributed by atoms with E-state index in [9.17, 15) is 0 Å². The maximum Gasteiger partial charge on any atom is 0.227 e. The first-order valence-corrected chi connectivity index (χ1v) is 6.42. The van der Waals surface area contributed by atoms with E-state index in [2.05, 4.69) is 39.4 Å². The maximum atomic E-state index is 5.25. The van der Waals surface area contributed by atoms with Crippen LogP contribution in [0.25, 0.3) is 26.9 Å². The minimum atomic E-state index is 0.820. The van der Waals surface area contributed by atoms with Crippen LogP contribution in [0.3, 0.4) is 0 Å². The van der Waals surface area contributed by atoms with E-state index in [0.717, 1.165) is 16.8 Å². The van der Waals surface area contributed by atoms with Crippen LogP contribution >= 0.6 is 11.5 Å². The summed E-state index contributed by atoms with van der Waals surface area (Å²) in [5.74, 6) is 0. The SMILES string of the molecule is c1ccc2s[n+](-c3ccc4ocnc4c3)cc2c1. The second kappa shape index (κ2) is 3.65. The minimum absolute atomic E-state index is 0.820. The first kappa shape index (κ1) is 9.79. The van der Waals surface area contributed by atoms with Crippen LogP contribution in [0.15, 0.2) is 59.5 Å². The Morgan fingerprint density at radius 3 is 3.00 bits per heavy atom. The van der Waals surface area contributed by atoms with Gasteiger partial charge < -0.3 is 4.42 Å². The standard InChI is InChI=1S/C14H9N2OS/c1-2-4-14-10(3-1)8-16(18-14)11-5-6-13-12(7-11)15-9-17-13/h1-9H/q+1. The Balaban J connectivity index is 1.94. The van der Waals surface area contributed by atoms with E-state index in [1.165, 1.54) is 16.5 Å². The molecule has 3 nitrogen and oxygen atoms in total. The molecule has 2 aromatic heterocycles. The molecule has 0 fully saturated rings. The lowest BCUT2D eigenvalue weighted by Gasteiger charge is -1.89. The summed E-state index contributed by atoms with van der Waals surface area (Å²) in [6.07, 6.45) is 3.62. The highest BCUT2D eigenvalue weighted by molar-refractivity contribution is 7.09. The van der Waals surface area contributed by atoms with Crippen molar-refractivity contribution in [3.8, 4) is 5.69 Å². The molecule has 2 aromatic carbocycles. The summed E-state index contributed by atoms with van der Waals surface area (Å²) in [7, 11) is 0. The van der Waals surface area contributed by atoms with E-state index < -0.39 is 0 Å². The van der Waals surface area contributed by atoms with E-state index in [4.69, 9.17) is 4.42 Å². The van der Waals surface area contributed by atoms with Crippen LogP contribution in [0.5, 0.6) is 0 Å². The quantitative estimate of drug-likeness (QED) is 0.487. The van der Waals surface area contributed by atoms with Crippen LogP contribution in [0.4, 0.5) is 0 Å². The number of hydrogen-bond donors (Lipinski definition) is 0. The van der Waals surface area contributed by atoms with Gasteiger partial charge in [-0.05, 0) is 18.2 Å². The summed E-state index contributed by atoms with van der Waals surface area (Å²) in [6, 6.07) is 14.4. The van der Waals surface area contributed by atoms with Gasteiger partial charge in [-0.15, -0.1) is 3.96 Å². The molecule has 0 aliphatic carbocycles. The fourth-order valence-corrected chi connectivity index (χ4v) is 3.00. The fraction of sp³-hybridized carbons (Fsp3) is 0. The van der Waals surface area contributed by atoms with Gasteiger partial charge in [-0.1, -0.05) is 12.1 Å². The van der Waals surface area contributed by atoms with Gasteiger partial charge in [0.15, 0.2) is 18.2 Å². The Labute approximate surface area is 107 Å². The van der Waals surface area contributed by atoms with Gasteiger partial charge in [0, 0.05) is 12.1 Å². The molecule has 0 saturated carbocycles. The first-order chi connectivity index (χ1) is 8.90. The Kier molecular flexibility index (Phi) is 1.98. The molecule has 4 aromatic rings. The highest BCUT2D eigenvalue weighted by Crippen LogP contribution is 2.19. The van der Waals surface area contributed by atoms with Crippen LogP contribution < -0.4 is 3.96 Å². The van der Waals surface area contributed by atoms with Gasteiger partial charge in [0.25, 0.3) is 0 Å². The fourth-order valence-electron chi connectivity index (χ4n) is 2.04. The summed E-state index contributed by atoms with van der Waals surface area (Å²) in [5.41, 5.74) is 2.82. The molecular weight excluding hydrogens is 244 g/mol. The van der Waals surface area contributed by atoms with Crippen molar-refractivity contribution in [2.75, 3.05) is 0 Å². The first-order valence-electron chi connectivity index (χ1n) is 5.64. The molecule has 18 heavy (non-hydrogen) atoms. The molecular formula is C14H9N2OS+. The van der Waals surface area contributed by atoms with E-state index in [0.29, 0.717) is 0 Å². The van der Waals surface area contributed by atoms with Crippen molar-refractivity contribution in [3.05, 3.63) is 55.1 Å². The summed E-state index contributed by atoms with van der Waals surface area (Å²) in [5, 5.41) is 1.25. The van der Waals surface area contributed by atoms with Crippen molar-refractivity contribution in [2.45, 2.75) is 0 Å². The van der Waals surface area contributed by atoms with Gasteiger partial charge in [0.2, 0.25) is 5.69 Å². The van der Waals surface area contributed by atoms with Crippen LogP contribution in [0, 0.1) is 0 Å². The summed E-state index contributed by atoms with van der Waals surface area (Å²) >= 11 is 1.72. The lowest BCUT2D eigenvalue weighted by Crippen LogP contribution is -2.23. The molecule has 2 heterocycles. The van der Waals surface area contributed by atoms with Crippen LogP contribution in [0.1, 0.15) is 0 Å². The highest BCUT2D eigenvalue weighted by Gasteiger charge is 2.13. The highest BCUT2D eigenvalue weighted by atomic mass is 32.1. The van der Waals surface area contributed by atoms with Crippen LogP contribution in [0.2, 0.25) is 0 Å². The van der Waals surface area contributed by atoms with Crippen molar-refractivity contribution in [3.63, 3.8) is 0 Å². The molecule has 0 bridgehead atoms. The Morgan fingerprint density at radius 2 is 2.06 bits per heavy atom. The Morgan fingerprint density at radius 1 is 1.11 bits per heavy atom. The average molecular weight is 253 g/mol. The number of oxazole rings is 1. The molecule has 0 spiro atoms. The molecule has 4 heteroatoms. The van der Waals surface area contributed by atoms with Crippen molar-refractivity contribution in [2.24, 2.45) is 0 Å². The topological polar surface area (TPSA) is 29.9 Å². The third-order valence-electron chi connectivity index (χ3n) is 2.94. The number of hydrogen-bond acceptors (Lipinski definition) is 3. The van der Waals surface area contributed by atoms with Gasteiger partial charge in [-0.3, -0.25) is 0 Å². The predicted octanol–water partition coefficient (Wildman–Crippen LogP) is 3.32. The van der Waals surface area contributed by atoms with Gasteiger partial charge >= 0.3 is 0 Å². The number of benzene rings is 2. The van der Waals surface area contributed by atoms with Crippen LogP contribution in [-0.2, 0) is 0 Å². The van der Waals surface area contributed by atoms with Crippen molar-refractivity contribution in [1.82, 2.24) is 4.98 Å². The largest absolute Gasteiger partial charge is 0.443 e. The maximum absolute atomic E-state index is 5.25. The van der Waals surface area contributed by atoms with Crippen molar-refractivity contribution < 1.29 is 8.37 Å². The average Bonchev–Trinajstić information content (AvgIpc) is 3.04. The van der Waals surface area contributed by atoms with Gasteiger partial charge in [0.05, 0.1) is 5.39 Å². The molecule has 0 aliphatic rings. The molecule has 0 aliphatic heterocycles. The summed E-state index contributed by atoms with van der Waals surface area (Å²) < 4.78 is 8.68. The smallest absolute Gasteiger partial charge is 0.227 e. The second-order valence-electron chi connectivity index (χ2n) is 4.09. The molecule has 86 valence electrons. The third-order valence-corrected chi connectivity index (χ3v) is 4.02.